The predicted octanol–water partition coefficient (Wildman–Crippen LogP) is 5.58. The molecule has 1 aliphatic heterocycles. The van der Waals surface area contributed by atoms with E-state index in [-0.39, 0.29) is 11.9 Å². The van der Waals surface area contributed by atoms with Crippen molar-refractivity contribution in [3.05, 3.63) is 88.9 Å². The third-order valence-electron chi connectivity index (χ3n) is 4.83. The van der Waals surface area contributed by atoms with Crippen LogP contribution in [0.1, 0.15) is 22.3 Å². The van der Waals surface area contributed by atoms with Gasteiger partial charge in [-0.25, -0.2) is 4.79 Å². The summed E-state index contributed by atoms with van der Waals surface area (Å²) >= 11 is 5.87. The first-order valence-corrected chi connectivity index (χ1v) is 9.81. The Balaban J connectivity index is 1.52. The predicted molar refractivity (Wildman–Crippen MR) is 117 cm³/mol. The lowest BCUT2D eigenvalue weighted by molar-refractivity contribution is 0.0985. The normalized spacial score (nSPS) is 12.8. The van der Waals surface area contributed by atoms with Crippen molar-refractivity contribution in [2.75, 3.05) is 22.1 Å². The number of urea groups is 1. The summed E-state index contributed by atoms with van der Waals surface area (Å²) in [5.41, 5.74) is 3.87. The van der Waals surface area contributed by atoms with E-state index in [1.807, 2.05) is 48.5 Å². The molecular weight excluding hydrogens is 386 g/mol. The van der Waals surface area contributed by atoms with Gasteiger partial charge < -0.3 is 15.5 Å². The molecule has 0 fully saturated rings. The number of fused-ring (bicyclic) bond motifs is 1. The molecular formula is C23H20ClN3O2. The number of hydrogen-bond acceptors (Lipinski definition) is 2. The molecule has 0 aliphatic carbocycles. The van der Waals surface area contributed by atoms with Crippen LogP contribution in [0.4, 0.5) is 21.9 Å². The average molecular weight is 406 g/mol. The monoisotopic (exact) mass is 405 g/mol. The molecule has 0 unspecified atom stereocenters. The van der Waals surface area contributed by atoms with Gasteiger partial charge in [0.05, 0.1) is 0 Å². The number of amides is 3. The third-order valence-corrected chi connectivity index (χ3v) is 5.08. The summed E-state index contributed by atoms with van der Waals surface area (Å²) in [5.74, 6) is -0.0330. The van der Waals surface area contributed by atoms with Crippen molar-refractivity contribution in [1.29, 1.82) is 0 Å². The van der Waals surface area contributed by atoms with Crippen molar-refractivity contribution in [1.82, 2.24) is 0 Å². The first-order valence-electron chi connectivity index (χ1n) is 9.43. The van der Waals surface area contributed by atoms with Crippen LogP contribution < -0.4 is 15.5 Å². The van der Waals surface area contributed by atoms with Gasteiger partial charge in [0.15, 0.2) is 0 Å². The van der Waals surface area contributed by atoms with Gasteiger partial charge in [0.2, 0.25) is 0 Å². The number of benzene rings is 3. The number of nitrogens with one attached hydrogen (secondary N) is 2. The minimum absolute atomic E-state index is 0.0330. The highest BCUT2D eigenvalue weighted by molar-refractivity contribution is 6.30. The van der Waals surface area contributed by atoms with Crippen LogP contribution in [-0.4, -0.2) is 18.5 Å². The molecule has 3 aromatic carbocycles. The smallest absolute Gasteiger partial charge is 0.308 e. The number of halogens is 1. The number of rotatable bonds is 3. The molecule has 3 aromatic rings. The zero-order valence-electron chi connectivity index (χ0n) is 15.7. The molecule has 6 heteroatoms. The maximum Gasteiger partial charge on any atom is 0.323 e. The van der Waals surface area contributed by atoms with E-state index in [9.17, 15) is 9.59 Å². The van der Waals surface area contributed by atoms with Crippen molar-refractivity contribution in [3.8, 4) is 0 Å². The number of aryl methyl sites for hydroxylation is 1. The summed E-state index contributed by atoms with van der Waals surface area (Å²) in [4.78, 5) is 27.1. The van der Waals surface area contributed by atoms with E-state index in [1.165, 1.54) is 0 Å². The molecule has 1 heterocycles. The van der Waals surface area contributed by atoms with Crippen LogP contribution in [0.3, 0.4) is 0 Å². The largest absolute Gasteiger partial charge is 0.323 e. The minimum Gasteiger partial charge on any atom is -0.308 e. The number of anilines is 3. The summed E-state index contributed by atoms with van der Waals surface area (Å²) in [6, 6.07) is 21.5. The highest BCUT2D eigenvalue weighted by Crippen LogP contribution is 2.31. The Morgan fingerprint density at radius 2 is 1.55 bits per heavy atom. The van der Waals surface area contributed by atoms with E-state index in [0.29, 0.717) is 28.5 Å². The van der Waals surface area contributed by atoms with Gasteiger partial charge in [-0.3, -0.25) is 4.79 Å². The number of carbonyl (C=O) groups excluding carboxylic acids is 2. The van der Waals surface area contributed by atoms with Gasteiger partial charge in [-0.1, -0.05) is 35.9 Å². The van der Waals surface area contributed by atoms with E-state index >= 15 is 0 Å². The molecule has 2 N–H and O–H groups in total. The van der Waals surface area contributed by atoms with Gasteiger partial charge >= 0.3 is 6.03 Å². The van der Waals surface area contributed by atoms with Crippen molar-refractivity contribution in [3.63, 3.8) is 0 Å². The van der Waals surface area contributed by atoms with E-state index in [2.05, 4.69) is 10.6 Å². The Hall–Kier alpha value is -3.31. The quantitative estimate of drug-likeness (QED) is 0.597. The van der Waals surface area contributed by atoms with Gasteiger partial charge in [0.1, 0.15) is 0 Å². The van der Waals surface area contributed by atoms with Crippen LogP contribution >= 0.6 is 11.6 Å². The van der Waals surface area contributed by atoms with Gasteiger partial charge in [-0.05, 0) is 66.9 Å². The van der Waals surface area contributed by atoms with Gasteiger partial charge in [0, 0.05) is 34.2 Å². The fourth-order valence-corrected chi connectivity index (χ4v) is 3.55. The molecule has 1 aliphatic rings. The van der Waals surface area contributed by atoms with Crippen LogP contribution in [0.25, 0.3) is 0 Å². The van der Waals surface area contributed by atoms with Crippen LogP contribution in [0.5, 0.6) is 0 Å². The molecule has 0 aromatic heterocycles. The number of hydrogen-bond donors (Lipinski definition) is 2. The standard InChI is InChI=1S/C23H20ClN3O2/c24-18-9-12-19(13-10-18)25-23(29)26-20-11-8-16-7-4-14-27(21(16)15-20)22(28)17-5-2-1-3-6-17/h1-3,5-6,8-13,15H,4,7,14H2,(H2,25,26,29). The second-order valence-electron chi connectivity index (χ2n) is 6.86. The Kier molecular flexibility index (Phi) is 5.49. The van der Waals surface area contributed by atoms with E-state index in [0.717, 1.165) is 24.1 Å². The highest BCUT2D eigenvalue weighted by atomic mass is 35.5. The SMILES string of the molecule is O=C(Nc1ccc(Cl)cc1)Nc1ccc2c(c1)N(C(=O)c1ccccc1)CCC2. The van der Waals surface area contributed by atoms with Crippen molar-refractivity contribution >= 4 is 40.6 Å². The molecule has 0 bridgehead atoms. The zero-order valence-corrected chi connectivity index (χ0v) is 16.4. The topological polar surface area (TPSA) is 61.4 Å². The second kappa shape index (κ2) is 8.37. The van der Waals surface area contributed by atoms with E-state index in [4.69, 9.17) is 11.6 Å². The van der Waals surface area contributed by atoms with Crippen LogP contribution in [-0.2, 0) is 6.42 Å². The molecule has 0 radical (unpaired) electrons. The Morgan fingerprint density at radius 1 is 0.862 bits per heavy atom. The van der Waals surface area contributed by atoms with Crippen molar-refractivity contribution in [2.24, 2.45) is 0 Å². The van der Waals surface area contributed by atoms with Gasteiger partial charge in [-0.15, -0.1) is 0 Å². The third kappa shape index (κ3) is 4.41. The summed E-state index contributed by atoms with van der Waals surface area (Å²) in [6.07, 6.45) is 1.82. The lowest BCUT2D eigenvalue weighted by Crippen LogP contribution is -2.35. The Labute approximate surface area is 174 Å². The maximum atomic E-state index is 13.0. The second-order valence-corrected chi connectivity index (χ2v) is 7.29. The first-order chi connectivity index (χ1) is 14.1. The summed E-state index contributed by atoms with van der Waals surface area (Å²) < 4.78 is 0. The molecule has 4 rings (SSSR count). The Bertz CT molecular complexity index is 1040. The molecule has 5 nitrogen and oxygen atoms in total. The van der Waals surface area contributed by atoms with Crippen LogP contribution in [0, 0.1) is 0 Å². The fraction of sp³-hybridized carbons (Fsp3) is 0.130. The number of carbonyl (C=O) groups is 2. The molecule has 3 amide bonds. The molecule has 146 valence electrons. The molecule has 0 spiro atoms. The lowest BCUT2D eigenvalue weighted by atomic mass is 10.00. The van der Waals surface area contributed by atoms with Gasteiger partial charge in [0.25, 0.3) is 5.91 Å². The van der Waals surface area contributed by atoms with Crippen molar-refractivity contribution < 1.29 is 9.59 Å². The fourth-order valence-electron chi connectivity index (χ4n) is 3.43. The van der Waals surface area contributed by atoms with E-state index < -0.39 is 0 Å². The van der Waals surface area contributed by atoms with Crippen molar-refractivity contribution in [2.45, 2.75) is 12.8 Å². The molecule has 0 saturated carbocycles. The average Bonchev–Trinajstić information content (AvgIpc) is 2.75. The highest BCUT2D eigenvalue weighted by Gasteiger charge is 2.24. The molecule has 0 atom stereocenters. The van der Waals surface area contributed by atoms with Crippen LogP contribution in [0.15, 0.2) is 72.8 Å². The first kappa shape index (κ1) is 19.0. The molecule has 0 saturated heterocycles. The number of nitrogens with zero attached hydrogens (tertiary/aromatic N) is 1. The van der Waals surface area contributed by atoms with Gasteiger partial charge in [-0.2, -0.15) is 0 Å². The summed E-state index contributed by atoms with van der Waals surface area (Å²) in [5, 5.41) is 6.21. The summed E-state index contributed by atoms with van der Waals surface area (Å²) in [6.45, 7) is 0.654. The lowest BCUT2D eigenvalue weighted by Gasteiger charge is -2.30. The maximum absolute atomic E-state index is 13.0. The summed E-state index contributed by atoms with van der Waals surface area (Å²) in [7, 11) is 0. The Morgan fingerprint density at radius 3 is 2.31 bits per heavy atom. The van der Waals surface area contributed by atoms with Crippen LogP contribution in [0.2, 0.25) is 5.02 Å². The van der Waals surface area contributed by atoms with E-state index in [1.54, 1.807) is 29.2 Å². The zero-order chi connectivity index (χ0) is 20.2. The minimum atomic E-state index is -0.357. The molecule has 29 heavy (non-hydrogen) atoms.